The fourth-order valence-corrected chi connectivity index (χ4v) is 2.68. The molecule has 4 aromatic rings. The van der Waals surface area contributed by atoms with E-state index in [2.05, 4.69) is 10.1 Å². The summed E-state index contributed by atoms with van der Waals surface area (Å²) in [7, 11) is 0. The number of phenolic OH excluding ortho intramolecular Hbond substituents is 1. The Balaban J connectivity index is 1.75. The Bertz CT molecular complexity index is 1060. The molecular weight excluding hydrogens is 318 g/mol. The number of ketones is 1. The maximum Gasteiger partial charge on any atom is 0.199 e. The zero-order chi connectivity index (χ0) is 17.4. The van der Waals surface area contributed by atoms with Gasteiger partial charge in [-0.05, 0) is 36.2 Å². The fraction of sp³-hybridized carbons (Fsp3) is 0.105. The average molecular weight is 333 g/mol. The van der Waals surface area contributed by atoms with Crippen molar-refractivity contribution in [2.75, 3.05) is 0 Å². The first kappa shape index (κ1) is 15.1. The molecule has 0 bridgehead atoms. The third-order valence-corrected chi connectivity index (χ3v) is 4.06. The van der Waals surface area contributed by atoms with Crippen LogP contribution in [0.5, 0.6) is 5.75 Å². The summed E-state index contributed by atoms with van der Waals surface area (Å²) in [6.07, 6.45) is 5.45. The first-order chi connectivity index (χ1) is 12.2. The maximum absolute atomic E-state index is 12.8. The number of benzene rings is 1. The van der Waals surface area contributed by atoms with Gasteiger partial charge in [-0.25, -0.2) is 9.50 Å². The number of nitrogens with zero attached hydrogens (tertiary/aromatic N) is 3. The van der Waals surface area contributed by atoms with E-state index in [1.807, 2.05) is 13.0 Å². The van der Waals surface area contributed by atoms with Crippen molar-refractivity contribution in [3.63, 3.8) is 0 Å². The van der Waals surface area contributed by atoms with E-state index in [0.717, 1.165) is 12.0 Å². The highest BCUT2D eigenvalue weighted by atomic mass is 16.3. The summed E-state index contributed by atoms with van der Waals surface area (Å²) in [4.78, 5) is 17.0. The van der Waals surface area contributed by atoms with E-state index in [1.165, 1.54) is 10.7 Å². The van der Waals surface area contributed by atoms with Gasteiger partial charge < -0.3 is 9.52 Å². The summed E-state index contributed by atoms with van der Waals surface area (Å²) >= 11 is 0. The van der Waals surface area contributed by atoms with Crippen LogP contribution >= 0.6 is 0 Å². The number of aromatic hydroxyl groups is 1. The molecule has 0 saturated carbocycles. The highest BCUT2D eigenvalue weighted by Crippen LogP contribution is 2.23. The highest BCUT2D eigenvalue weighted by molar-refractivity contribution is 6.10. The standard InChI is InChI=1S/C19H15N3O3/c1-2-12-5-6-16(23)14(8-12)19(24)13-10-20-18-9-15(21-22(18)11-13)17-4-3-7-25-17/h3-11,23H,2H2,1H3. The Morgan fingerprint density at radius 2 is 2.16 bits per heavy atom. The Morgan fingerprint density at radius 1 is 1.28 bits per heavy atom. The molecule has 6 heteroatoms. The molecule has 6 nitrogen and oxygen atoms in total. The third kappa shape index (κ3) is 2.67. The molecule has 3 heterocycles. The van der Waals surface area contributed by atoms with Gasteiger partial charge in [0.25, 0.3) is 0 Å². The second-order valence-electron chi connectivity index (χ2n) is 5.69. The van der Waals surface area contributed by atoms with Crippen LogP contribution in [0.15, 0.2) is 59.5 Å². The van der Waals surface area contributed by atoms with Crippen molar-refractivity contribution in [2.45, 2.75) is 13.3 Å². The molecule has 1 N–H and O–H groups in total. The van der Waals surface area contributed by atoms with Gasteiger partial charge in [-0.3, -0.25) is 4.79 Å². The quantitative estimate of drug-likeness (QED) is 0.578. The van der Waals surface area contributed by atoms with Crippen molar-refractivity contribution in [3.05, 3.63) is 71.7 Å². The third-order valence-electron chi connectivity index (χ3n) is 4.06. The number of rotatable bonds is 4. The average Bonchev–Trinajstić information content (AvgIpc) is 3.30. The number of carbonyl (C=O) groups is 1. The second-order valence-corrected chi connectivity index (χ2v) is 5.69. The summed E-state index contributed by atoms with van der Waals surface area (Å²) in [5, 5.41) is 14.4. The summed E-state index contributed by atoms with van der Waals surface area (Å²) in [5.41, 5.74) is 2.84. The van der Waals surface area contributed by atoms with Gasteiger partial charge in [0, 0.05) is 18.5 Å². The SMILES string of the molecule is CCc1ccc(O)c(C(=O)c2cnc3cc(-c4ccco4)nn3c2)c1. The topological polar surface area (TPSA) is 80.6 Å². The van der Waals surface area contributed by atoms with Crippen LogP contribution in [0.1, 0.15) is 28.4 Å². The fourth-order valence-electron chi connectivity index (χ4n) is 2.68. The number of furan rings is 1. The van der Waals surface area contributed by atoms with Gasteiger partial charge in [0.1, 0.15) is 11.4 Å². The van der Waals surface area contributed by atoms with Crippen LogP contribution in [0.3, 0.4) is 0 Å². The number of hydrogen-bond acceptors (Lipinski definition) is 5. The van der Waals surface area contributed by atoms with Crippen LogP contribution in [0.25, 0.3) is 17.1 Å². The van der Waals surface area contributed by atoms with E-state index in [-0.39, 0.29) is 17.1 Å². The summed E-state index contributed by atoms with van der Waals surface area (Å²) in [6, 6.07) is 10.4. The number of fused-ring (bicyclic) bond motifs is 1. The second kappa shape index (κ2) is 5.90. The lowest BCUT2D eigenvalue weighted by atomic mass is 10.0. The Labute approximate surface area is 143 Å². The number of aromatic nitrogens is 3. The number of hydrogen-bond donors (Lipinski definition) is 1. The molecule has 0 aliphatic heterocycles. The normalized spacial score (nSPS) is 11.1. The molecule has 0 atom stereocenters. The number of carbonyl (C=O) groups excluding carboxylic acids is 1. The van der Waals surface area contributed by atoms with Crippen molar-refractivity contribution in [1.82, 2.24) is 14.6 Å². The molecule has 0 spiro atoms. The van der Waals surface area contributed by atoms with Crippen molar-refractivity contribution in [2.24, 2.45) is 0 Å². The Morgan fingerprint density at radius 3 is 2.92 bits per heavy atom. The number of phenols is 1. The van der Waals surface area contributed by atoms with Crippen LogP contribution in [-0.4, -0.2) is 25.5 Å². The molecule has 124 valence electrons. The molecule has 0 unspecified atom stereocenters. The van der Waals surface area contributed by atoms with Crippen LogP contribution in [-0.2, 0) is 6.42 Å². The van der Waals surface area contributed by atoms with Crippen LogP contribution in [0, 0.1) is 0 Å². The summed E-state index contributed by atoms with van der Waals surface area (Å²) < 4.78 is 6.87. The molecule has 25 heavy (non-hydrogen) atoms. The van der Waals surface area contributed by atoms with Crippen molar-refractivity contribution in [1.29, 1.82) is 0 Å². The predicted octanol–water partition coefficient (Wildman–Crippen LogP) is 3.49. The van der Waals surface area contributed by atoms with Crippen molar-refractivity contribution >= 4 is 11.4 Å². The molecule has 0 amide bonds. The van der Waals surface area contributed by atoms with E-state index in [0.29, 0.717) is 22.7 Å². The van der Waals surface area contributed by atoms with Gasteiger partial charge in [-0.15, -0.1) is 0 Å². The molecular formula is C19H15N3O3. The van der Waals surface area contributed by atoms with Gasteiger partial charge >= 0.3 is 0 Å². The predicted molar refractivity (Wildman–Crippen MR) is 91.6 cm³/mol. The van der Waals surface area contributed by atoms with E-state index in [1.54, 1.807) is 42.8 Å². The molecule has 0 aliphatic rings. The van der Waals surface area contributed by atoms with Crippen LogP contribution in [0.4, 0.5) is 0 Å². The van der Waals surface area contributed by atoms with Crippen molar-refractivity contribution in [3.8, 4) is 17.2 Å². The van der Waals surface area contributed by atoms with Gasteiger partial charge in [-0.1, -0.05) is 13.0 Å². The Hall–Kier alpha value is -3.41. The molecule has 1 aromatic carbocycles. The molecule has 4 rings (SSSR count). The van der Waals surface area contributed by atoms with Gasteiger partial charge in [-0.2, -0.15) is 5.10 Å². The summed E-state index contributed by atoms with van der Waals surface area (Å²) in [6.45, 7) is 1.99. The van der Waals surface area contributed by atoms with E-state index in [4.69, 9.17) is 4.42 Å². The molecule has 0 aliphatic carbocycles. The van der Waals surface area contributed by atoms with Gasteiger partial charge in [0.2, 0.25) is 0 Å². The highest BCUT2D eigenvalue weighted by Gasteiger charge is 2.16. The first-order valence-electron chi connectivity index (χ1n) is 7.91. The lowest BCUT2D eigenvalue weighted by molar-refractivity contribution is 0.103. The first-order valence-corrected chi connectivity index (χ1v) is 7.91. The van der Waals surface area contributed by atoms with Crippen molar-refractivity contribution < 1.29 is 14.3 Å². The molecule has 0 fully saturated rings. The number of aryl methyl sites for hydroxylation is 1. The van der Waals surface area contributed by atoms with Gasteiger partial charge in [0.05, 0.1) is 17.4 Å². The van der Waals surface area contributed by atoms with Crippen LogP contribution < -0.4 is 0 Å². The minimum Gasteiger partial charge on any atom is -0.507 e. The zero-order valence-corrected chi connectivity index (χ0v) is 13.5. The Kier molecular flexibility index (Phi) is 3.57. The minimum absolute atomic E-state index is 0.0426. The lowest BCUT2D eigenvalue weighted by Crippen LogP contribution is -2.05. The maximum atomic E-state index is 12.8. The molecule has 3 aromatic heterocycles. The monoisotopic (exact) mass is 333 g/mol. The minimum atomic E-state index is -0.294. The van der Waals surface area contributed by atoms with Crippen LogP contribution in [0.2, 0.25) is 0 Å². The van der Waals surface area contributed by atoms with E-state index >= 15 is 0 Å². The smallest absolute Gasteiger partial charge is 0.199 e. The van der Waals surface area contributed by atoms with E-state index < -0.39 is 0 Å². The largest absolute Gasteiger partial charge is 0.507 e. The summed E-state index contributed by atoms with van der Waals surface area (Å²) in [5.74, 6) is 0.294. The van der Waals surface area contributed by atoms with E-state index in [9.17, 15) is 9.90 Å². The zero-order valence-electron chi connectivity index (χ0n) is 13.5. The molecule has 0 saturated heterocycles. The van der Waals surface area contributed by atoms with Gasteiger partial charge in [0.15, 0.2) is 17.2 Å². The molecule has 0 radical (unpaired) electrons. The lowest BCUT2D eigenvalue weighted by Gasteiger charge is -2.06.